The van der Waals surface area contributed by atoms with E-state index in [-0.39, 0.29) is 17.1 Å². The second-order valence-corrected chi connectivity index (χ2v) is 10.0. The normalized spacial score (nSPS) is 37.7. The largest absolute Gasteiger partial charge is 0.326 e. The molecular weight excluding hydrogens is 320 g/mol. The van der Waals surface area contributed by atoms with Crippen LogP contribution in [0.15, 0.2) is 0 Å². The molecule has 0 aromatic heterocycles. The van der Waals surface area contributed by atoms with Gasteiger partial charge in [0.2, 0.25) is 0 Å². The van der Waals surface area contributed by atoms with Crippen LogP contribution in [-0.4, -0.2) is 17.7 Å². The Bertz CT molecular complexity index is 422. The third-order valence-electron chi connectivity index (χ3n) is 8.38. The summed E-state index contributed by atoms with van der Waals surface area (Å²) in [6, 6.07) is 0.302. The van der Waals surface area contributed by atoms with Crippen molar-refractivity contribution in [3.8, 4) is 0 Å². The van der Waals surface area contributed by atoms with E-state index in [4.69, 9.17) is 22.9 Å². The third kappa shape index (κ3) is 4.45. The molecule has 0 heterocycles. The van der Waals surface area contributed by atoms with Gasteiger partial charge in [-0.3, -0.25) is 0 Å². The van der Waals surface area contributed by atoms with Crippen LogP contribution in [0.25, 0.3) is 0 Å². The predicted molar refractivity (Wildman–Crippen MR) is 110 cm³/mol. The van der Waals surface area contributed by atoms with Gasteiger partial charge in [0.1, 0.15) is 0 Å². The van der Waals surface area contributed by atoms with Gasteiger partial charge in [-0.1, -0.05) is 51.4 Å². The molecule has 4 rings (SSSR count). The zero-order valence-electron chi connectivity index (χ0n) is 16.9. The van der Waals surface area contributed by atoms with E-state index < -0.39 is 0 Å². The topological polar surface area (TPSA) is 104 Å². The van der Waals surface area contributed by atoms with Crippen molar-refractivity contribution in [2.24, 2.45) is 40.2 Å². The smallest absolute Gasteiger partial charge is 0.0581 e. The molecule has 0 aromatic rings. The highest BCUT2D eigenvalue weighted by molar-refractivity contribution is 5.08. The molecule has 0 aromatic carbocycles. The molecule has 0 amide bonds. The summed E-state index contributed by atoms with van der Waals surface area (Å²) in [7, 11) is 0. The third-order valence-corrected chi connectivity index (χ3v) is 8.38. The Morgan fingerprint density at radius 2 is 1.31 bits per heavy atom. The van der Waals surface area contributed by atoms with Gasteiger partial charge in [0.25, 0.3) is 0 Å². The monoisotopic (exact) mass is 364 g/mol. The Hall–Kier alpha value is -0.160. The first kappa shape index (κ1) is 20.6. The van der Waals surface area contributed by atoms with Crippen molar-refractivity contribution in [2.45, 2.75) is 120 Å². The minimum absolute atomic E-state index is 0.0463. The van der Waals surface area contributed by atoms with Gasteiger partial charge in [0.05, 0.1) is 6.17 Å². The Labute approximate surface area is 161 Å². The quantitative estimate of drug-likeness (QED) is 0.442. The Balaban J connectivity index is 0.000000181. The molecule has 4 aliphatic carbocycles. The maximum atomic E-state index is 6.23. The molecule has 4 heteroatoms. The van der Waals surface area contributed by atoms with Gasteiger partial charge in [-0.25, -0.2) is 0 Å². The first-order valence-electron chi connectivity index (χ1n) is 11.5. The predicted octanol–water partition coefficient (Wildman–Crippen LogP) is 3.76. The van der Waals surface area contributed by atoms with Gasteiger partial charge in [-0.15, -0.1) is 0 Å². The number of hydrogen-bond acceptors (Lipinski definition) is 4. The maximum absolute atomic E-state index is 6.23. The highest BCUT2D eigenvalue weighted by Crippen LogP contribution is 2.47. The van der Waals surface area contributed by atoms with Crippen LogP contribution in [0.1, 0.15) is 103 Å². The Morgan fingerprint density at radius 3 is 1.69 bits per heavy atom. The molecule has 8 N–H and O–H groups in total. The second kappa shape index (κ2) is 8.89. The highest BCUT2D eigenvalue weighted by Gasteiger charge is 2.47. The van der Waals surface area contributed by atoms with E-state index in [0.717, 1.165) is 11.8 Å². The van der Waals surface area contributed by atoms with E-state index in [0.29, 0.717) is 6.04 Å². The van der Waals surface area contributed by atoms with Crippen molar-refractivity contribution in [1.29, 1.82) is 0 Å². The number of nitrogens with two attached hydrogens (primary N) is 4. The Morgan fingerprint density at radius 1 is 0.731 bits per heavy atom. The molecule has 4 nitrogen and oxygen atoms in total. The summed E-state index contributed by atoms with van der Waals surface area (Å²) in [6.07, 6.45) is 21.2. The maximum Gasteiger partial charge on any atom is 0.0581 e. The lowest BCUT2D eigenvalue weighted by atomic mass is 9.65. The van der Waals surface area contributed by atoms with Crippen LogP contribution in [0, 0.1) is 17.3 Å². The van der Waals surface area contributed by atoms with E-state index in [1.165, 1.54) is 103 Å². The average Bonchev–Trinajstić information content (AvgIpc) is 2.92. The zero-order valence-corrected chi connectivity index (χ0v) is 16.9. The second-order valence-electron chi connectivity index (χ2n) is 10.0. The molecule has 26 heavy (non-hydrogen) atoms. The van der Waals surface area contributed by atoms with Gasteiger partial charge >= 0.3 is 0 Å². The van der Waals surface area contributed by atoms with Crippen molar-refractivity contribution in [1.82, 2.24) is 0 Å². The minimum atomic E-state index is -0.0938. The lowest BCUT2D eigenvalue weighted by Gasteiger charge is -2.43. The van der Waals surface area contributed by atoms with Gasteiger partial charge < -0.3 is 22.9 Å². The summed E-state index contributed by atoms with van der Waals surface area (Å²) >= 11 is 0. The van der Waals surface area contributed by atoms with E-state index in [9.17, 15) is 0 Å². The SMILES string of the molecule is NC(N)C1(C2CCCCCC2)CCCCCC1.NC1CC2CCC1(N)C2. The van der Waals surface area contributed by atoms with Crippen LogP contribution in [0.2, 0.25) is 0 Å². The van der Waals surface area contributed by atoms with Crippen LogP contribution in [0.3, 0.4) is 0 Å². The molecule has 0 radical (unpaired) electrons. The number of fused-ring (bicyclic) bond motifs is 2. The number of hydrogen-bond donors (Lipinski definition) is 4. The molecule has 3 unspecified atom stereocenters. The van der Waals surface area contributed by atoms with Gasteiger partial charge in [-0.05, 0) is 63.2 Å². The van der Waals surface area contributed by atoms with E-state index in [2.05, 4.69) is 0 Å². The molecule has 0 aliphatic heterocycles. The number of rotatable bonds is 2. The first-order valence-corrected chi connectivity index (χ1v) is 11.5. The van der Waals surface area contributed by atoms with Crippen molar-refractivity contribution in [3.63, 3.8) is 0 Å². The summed E-state index contributed by atoms with van der Waals surface area (Å²) in [6.45, 7) is 0. The van der Waals surface area contributed by atoms with E-state index >= 15 is 0 Å². The van der Waals surface area contributed by atoms with Crippen LogP contribution in [0.4, 0.5) is 0 Å². The summed E-state index contributed by atoms with van der Waals surface area (Å²) < 4.78 is 0. The van der Waals surface area contributed by atoms with Crippen LogP contribution >= 0.6 is 0 Å². The molecular formula is C22H44N4. The van der Waals surface area contributed by atoms with Crippen LogP contribution in [0.5, 0.6) is 0 Å². The molecule has 4 fully saturated rings. The van der Waals surface area contributed by atoms with E-state index in [1.54, 1.807) is 0 Å². The average molecular weight is 365 g/mol. The fraction of sp³-hybridized carbons (Fsp3) is 1.00. The first-order chi connectivity index (χ1) is 12.5. The lowest BCUT2D eigenvalue weighted by Crippen LogP contribution is -2.52. The molecule has 2 bridgehead atoms. The summed E-state index contributed by atoms with van der Waals surface area (Å²) in [5.74, 6) is 1.67. The van der Waals surface area contributed by atoms with Gasteiger partial charge in [0, 0.05) is 17.0 Å². The fourth-order valence-corrected chi connectivity index (χ4v) is 6.60. The summed E-state index contributed by atoms with van der Waals surface area (Å²) in [4.78, 5) is 0. The lowest BCUT2D eigenvalue weighted by molar-refractivity contribution is 0.0816. The fourth-order valence-electron chi connectivity index (χ4n) is 6.60. The van der Waals surface area contributed by atoms with Crippen molar-refractivity contribution in [3.05, 3.63) is 0 Å². The van der Waals surface area contributed by atoms with Gasteiger partial charge in [0.15, 0.2) is 0 Å². The molecule has 152 valence electrons. The van der Waals surface area contributed by atoms with Crippen LogP contribution in [-0.2, 0) is 0 Å². The molecule has 0 saturated heterocycles. The van der Waals surface area contributed by atoms with Gasteiger partial charge in [-0.2, -0.15) is 0 Å². The summed E-state index contributed by atoms with van der Waals surface area (Å²) in [5, 5.41) is 0. The molecule has 3 atom stereocenters. The molecule has 4 aliphatic rings. The molecule has 4 saturated carbocycles. The van der Waals surface area contributed by atoms with Crippen LogP contribution < -0.4 is 22.9 Å². The summed E-state index contributed by atoms with van der Waals surface area (Å²) in [5.41, 5.74) is 24.6. The van der Waals surface area contributed by atoms with Crippen molar-refractivity contribution >= 4 is 0 Å². The Kier molecular flexibility index (Phi) is 7.04. The zero-order chi connectivity index (χ0) is 18.6. The van der Waals surface area contributed by atoms with Crippen molar-refractivity contribution in [2.75, 3.05) is 0 Å². The standard InChI is InChI=1S/C15H30N2.C7H14N2/c16-14(17)15(11-7-3-4-8-12-15)13-9-5-1-2-6-10-13;8-6-3-5-1-2-7(6,9)4-5/h13-14H,1-12,16-17H2;5-6H,1-4,8-9H2. The van der Waals surface area contributed by atoms with E-state index in [1.807, 2.05) is 0 Å². The molecule has 0 spiro atoms. The minimum Gasteiger partial charge on any atom is -0.326 e. The highest BCUT2D eigenvalue weighted by atomic mass is 14.9. The van der Waals surface area contributed by atoms with Crippen molar-refractivity contribution < 1.29 is 0 Å².